The van der Waals surface area contributed by atoms with E-state index in [9.17, 15) is 4.79 Å². The number of aromatic nitrogens is 2. The number of hydrogen-bond acceptors (Lipinski definition) is 6. The van der Waals surface area contributed by atoms with E-state index in [1.807, 2.05) is 44.2 Å². The lowest BCUT2D eigenvalue weighted by Crippen LogP contribution is -2.33. The van der Waals surface area contributed by atoms with Gasteiger partial charge in [0.1, 0.15) is 0 Å². The third-order valence-electron chi connectivity index (χ3n) is 4.88. The predicted octanol–water partition coefficient (Wildman–Crippen LogP) is 5.07. The third kappa shape index (κ3) is 6.43. The second-order valence-corrected chi connectivity index (χ2v) is 8.49. The molecule has 3 aromatic rings. The number of thioether (sulfide) groups is 1. The van der Waals surface area contributed by atoms with Crippen molar-refractivity contribution >= 4 is 23.4 Å². The normalized spacial score (nSPS) is 11.7. The number of anilines is 1. The van der Waals surface area contributed by atoms with Crippen molar-refractivity contribution in [3.05, 3.63) is 71.1 Å². The number of amides is 1. The minimum atomic E-state index is -0.0948. The summed E-state index contributed by atoms with van der Waals surface area (Å²) in [4.78, 5) is 14.6. The largest absolute Gasteiger partial charge is 0.416 e. The van der Waals surface area contributed by atoms with E-state index in [1.165, 1.54) is 17.3 Å². The molecule has 7 heteroatoms. The van der Waals surface area contributed by atoms with Gasteiger partial charge in [-0.3, -0.25) is 4.79 Å². The molecular weight excluding hydrogens is 408 g/mol. The molecule has 0 spiro atoms. The third-order valence-corrected chi connectivity index (χ3v) is 5.69. The number of benzene rings is 2. The lowest BCUT2D eigenvalue weighted by atomic mass is 9.98. The maximum atomic E-state index is 12.9. The number of aryl methyl sites for hydroxylation is 2. The summed E-state index contributed by atoms with van der Waals surface area (Å²) in [7, 11) is 0. The van der Waals surface area contributed by atoms with Gasteiger partial charge in [-0.15, -0.1) is 10.2 Å². The first-order valence-corrected chi connectivity index (χ1v) is 11.2. The molecule has 2 aromatic carbocycles. The highest BCUT2D eigenvalue weighted by atomic mass is 32.2. The van der Waals surface area contributed by atoms with Crippen LogP contribution in [0, 0.1) is 25.2 Å². The topological polar surface area (TPSA) is 83.0 Å². The lowest BCUT2D eigenvalue weighted by Gasteiger charge is -2.22. The number of nitrogens with zero attached hydrogens (tertiary/aromatic N) is 4. The molecule has 0 aliphatic rings. The minimum absolute atomic E-state index is 0.0948. The number of carbonyl (C=O) groups excluding carboxylic acids is 1. The molecule has 160 valence electrons. The van der Waals surface area contributed by atoms with Crippen molar-refractivity contribution in [2.75, 3.05) is 17.2 Å². The van der Waals surface area contributed by atoms with Crippen molar-refractivity contribution < 1.29 is 9.21 Å². The van der Waals surface area contributed by atoms with Crippen LogP contribution in [0.2, 0.25) is 0 Å². The Labute approximate surface area is 187 Å². The highest BCUT2D eigenvalue weighted by Crippen LogP contribution is 2.24. The quantitative estimate of drug-likeness (QED) is 0.437. The Morgan fingerprint density at radius 2 is 1.87 bits per heavy atom. The first-order chi connectivity index (χ1) is 15.0. The summed E-state index contributed by atoms with van der Waals surface area (Å²) in [6.07, 6.45) is 0.911. The summed E-state index contributed by atoms with van der Waals surface area (Å²) in [5.41, 5.74) is 4.17. The van der Waals surface area contributed by atoms with Gasteiger partial charge in [-0.25, -0.2) is 0 Å². The molecule has 1 atom stereocenters. The van der Waals surface area contributed by atoms with E-state index in [4.69, 9.17) is 9.68 Å². The van der Waals surface area contributed by atoms with Crippen LogP contribution in [0.15, 0.2) is 58.2 Å². The Morgan fingerprint density at radius 1 is 1.16 bits per heavy atom. The van der Waals surface area contributed by atoms with Crippen LogP contribution in [0.5, 0.6) is 0 Å². The Morgan fingerprint density at radius 3 is 2.55 bits per heavy atom. The van der Waals surface area contributed by atoms with E-state index in [0.29, 0.717) is 24.1 Å². The van der Waals surface area contributed by atoms with E-state index < -0.39 is 0 Å². The Kier molecular flexibility index (Phi) is 7.85. The Balaban J connectivity index is 1.62. The molecule has 0 bridgehead atoms. The molecule has 1 aromatic heterocycles. The minimum Gasteiger partial charge on any atom is -0.416 e. The molecule has 0 radical (unpaired) electrons. The maximum absolute atomic E-state index is 12.9. The molecule has 0 aliphatic heterocycles. The molecule has 31 heavy (non-hydrogen) atoms. The van der Waals surface area contributed by atoms with Crippen LogP contribution in [-0.4, -0.2) is 28.4 Å². The Hall–Kier alpha value is -3.11. The van der Waals surface area contributed by atoms with Crippen molar-refractivity contribution in [1.82, 2.24) is 10.2 Å². The summed E-state index contributed by atoms with van der Waals surface area (Å²) in [6, 6.07) is 18.3. The standard InChI is InChI=1S/C24H26N4O2S/c1-17-12-18(2)14-21(13-17)28(11-7-10-25)23(29)16-31-24-27-26-22(30-24)15-19(3)20-8-5-4-6-9-20/h4-6,8-9,12-14,19H,7,11,15-16H2,1-3H3. The van der Waals surface area contributed by atoms with Gasteiger partial charge < -0.3 is 9.32 Å². The average Bonchev–Trinajstić information content (AvgIpc) is 3.19. The molecule has 0 aliphatic carbocycles. The van der Waals surface area contributed by atoms with Gasteiger partial charge in [0.15, 0.2) is 0 Å². The first kappa shape index (κ1) is 22.6. The maximum Gasteiger partial charge on any atom is 0.277 e. The molecule has 0 N–H and O–H groups in total. The van der Waals surface area contributed by atoms with Crippen molar-refractivity contribution in [1.29, 1.82) is 5.26 Å². The zero-order valence-electron chi connectivity index (χ0n) is 18.0. The zero-order valence-corrected chi connectivity index (χ0v) is 18.9. The van der Waals surface area contributed by atoms with Crippen LogP contribution in [0.1, 0.15) is 41.8 Å². The van der Waals surface area contributed by atoms with Crippen LogP contribution < -0.4 is 4.90 Å². The van der Waals surface area contributed by atoms with Gasteiger partial charge in [0.05, 0.1) is 18.2 Å². The van der Waals surface area contributed by atoms with E-state index in [1.54, 1.807) is 4.90 Å². The second-order valence-electron chi connectivity index (χ2n) is 7.57. The summed E-state index contributed by atoms with van der Waals surface area (Å²) in [5.74, 6) is 0.880. The van der Waals surface area contributed by atoms with Crippen LogP contribution in [0.3, 0.4) is 0 Å². The SMILES string of the molecule is Cc1cc(C)cc(N(CCC#N)C(=O)CSc2nnc(CC(C)c3ccccc3)o2)c1. The molecule has 3 rings (SSSR count). The summed E-state index contributed by atoms with van der Waals surface area (Å²) in [5, 5.41) is 17.6. The van der Waals surface area contributed by atoms with Gasteiger partial charge in [-0.2, -0.15) is 5.26 Å². The molecule has 0 saturated carbocycles. The molecule has 0 fully saturated rings. The Bertz CT molecular complexity index is 1040. The van der Waals surface area contributed by atoms with E-state index in [-0.39, 0.29) is 24.0 Å². The predicted molar refractivity (Wildman–Crippen MR) is 122 cm³/mol. The fourth-order valence-corrected chi connectivity index (χ4v) is 4.06. The monoisotopic (exact) mass is 434 g/mol. The molecule has 1 unspecified atom stereocenters. The van der Waals surface area contributed by atoms with Crippen molar-refractivity contribution in [3.63, 3.8) is 0 Å². The van der Waals surface area contributed by atoms with E-state index in [0.717, 1.165) is 16.8 Å². The number of hydrogen-bond donors (Lipinski definition) is 0. The molecule has 6 nitrogen and oxygen atoms in total. The van der Waals surface area contributed by atoms with Crippen LogP contribution in [-0.2, 0) is 11.2 Å². The molecule has 1 heterocycles. The summed E-state index contributed by atoms with van der Waals surface area (Å²) in [6.45, 7) is 6.46. The number of nitriles is 1. The summed E-state index contributed by atoms with van der Waals surface area (Å²) >= 11 is 1.22. The lowest BCUT2D eigenvalue weighted by molar-refractivity contribution is -0.116. The van der Waals surface area contributed by atoms with Crippen LogP contribution in [0.25, 0.3) is 0 Å². The van der Waals surface area contributed by atoms with E-state index >= 15 is 0 Å². The van der Waals surface area contributed by atoms with Gasteiger partial charge in [0, 0.05) is 18.7 Å². The van der Waals surface area contributed by atoms with Gasteiger partial charge in [-0.1, -0.05) is 55.1 Å². The molecule has 1 amide bonds. The van der Waals surface area contributed by atoms with Gasteiger partial charge in [0.2, 0.25) is 11.8 Å². The van der Waals surface area contributed by atoms with Gasteiger partial charge in [0.25, 0.3) is 5.22 Å². The fourth-order valence-electron chi connectivity index (χ4n) is 3.41. The van der Waals surface area contributed by atoms with Gasteiger partial charge in [-0.05, 0) is 48.6 Å². The fraction of sp³-hybridized carbons (Fsp3) is 0.333. The van der Waals surface area contributed by atoms with Crippen molar-refractivity contribution in [3.8, 4) is 6.07 Å². The highest BCUT2D eigenvalue weighted by Gasteiger charge is 2.19. The van der Waals surface area contributed by atoms with Crippen molar-refractivity contribution in [2.45, 2.75) is 44.8 Å². The molecule has 0 saturated heterocycles. The summed E-state index contributed by atoms with van der Waals surface area (Å²) < 4.78 is 5.75. The number of carbonyl (C=O) groups is 1. The van der Waals surface area contributed by atoms with E-state index in [2.05, 4.69) is 41.4 Å². The van der Waals surface area contributed by atoms with Crippen LogP contribution in [0.4, 0.5) is 5.69 Å². The van der Waals surface area contributed by atoms with Gasteiger partial charge >= 0.3 is 0 Å². The average molecular weight is 435 g/mol. The number of rotatable bonds is 9. The highest BCUT2D eigenvalue weighted by molar-refractivity contribution is 7.99. The zero-order chi connectivity index (χ0) is 22.2. The van der Waals surface area contributed by atoms with Crippen molar-refractivity contribution in [2.24, 2.45) is 0 Å². The second kappa shape index (κ2) is 10.8. The molecular formula is C24H26N4O2S. The first-order valence-electron chi connectivity index (χ1n) is 10.2. The smallest absolute Gasteiger partial charge is 0.277 e. The van der Waals surface area contributed by atoms with Crippen LogP contribution >= 0.6 is 11.8 Å².